The van der Waals surface area contributed by atoms with Gasteiger partial charge in [0.15, 0.2) is 11.5 Å². The van der Waals surface area contributed by atoms with Crippen LogP contribution in [-0.4, -0.2) is 17.7 Å². The van der Waals surface area contributed by atoms with Crippen molar-refractivity contribution in [2.45, 2.75) is 37.0 Å². The molecular formula is C22H23FN2O3. The lowest BCUT2D eigenvalue weighted by atomic mass is 9.94. The number of hydrogen-bond donors (Lipinski definition) is 2. The van der Waals surface area contributed by atoms with Gasteiger partial charge in [-0.15, -0.1) is 0 Å². The zero-order valence-corrected chi connectivity index (χ0v) is 15.2. The highest BCUT2D eigenvalue weighted by molar-refractivity contribution is 6.02. The number of anilines is 1. The molecule has 0 atom stereocenters. The number of carbonyl (C=O) groups is 1. The molecule has 2 N–H and O–H groups in total. The first-order valence-electron chi connectivity index (χ1n) is 9.66. The maximum absolute atomic E-state index is 14.6. The molecule has 1 aliphatic heterocycles. The van der Waals surface area contributed by atoms with Gasteiger partial charge in [-0.25, -0.2) is 4.39 Å². The third-order valence-electron chi connectivity index (χ3n) is 6.10. The molecule has 2 saturated carbocycles. The van der Waals surface area contributed by atoms with Crippen molar-refractivity contribution >= 4 is 22.5 Å². The predicted molar refractivity (Wildman–Crippen MR) is 107 cm³/mol. The Morgan fingerprint density at radius 1 is 1.14 bits per heavy atom. The largest absolute Gasteiger partial charge is 0.454 e. The molecule has 0 radical (unpaired) electrons. The van der Waals surface area contributed by atoms with Crippen LogP contribution >= 0.6 is 0 Å². The second-order valence-electron chi connectivity index (χ2n) is 8.02. The van der Waals surface area contributed by atoms with E-state index in [1.165, 1.54) is 18.9 Å². The highest BCUT2D eigenvalue weighted by Crippen LogP contribution is 2.51. The lowest BCUT2D eigenvalue weighted by Gasteiger charge is -2.17. The van der Waals surface area contributed by atoms with Crippen LogP contribution in [0.4, 0.5) is 10.1 Å². The summed E-state index contributed by atoms with van der Waals surface area (Å²) in [6.45, 7) is 0.197. The molecule has 3 aliphatic rings. The summed E-state index contributed by atoms with van der Waals surface area (Å²) in [5, 5.41) is 3.75. The number of aromatic amines is 1. The summed E-state index contributed by atoms with van der Waals surface area (Å²) >= 11 is 0. The van der Waals surface area contributed by atoms with Crippen LogP contribution in [0.5, 0.6) is 11.5 Å². The van der Waals surface area contributed by atoms with E-state index in [4.69, 9.17) is 9.47 Å². The van der Waals surface area contributed by atoms with Crippen LogP contribution in [-0.2, 0) is 10.2 Å². The van der Waals surface area contributed by atoms with E-state index in [1.807, 2.05) is 18.2 Å². The van der Waals surface area contributed by atoms with E-state index >= 15 is 0 Å². The van der Waals surface area contributed by atoms with Gasteiger partial charge in [0.2, 0.25) is 12.7 Å². The van der Waals surface area contributed by atoms with E-state index in [1.54, 1.807) is 6.07 Å². The Labute approximate surface area is 163 Å². The summed E-state index contributed by atoms with van der Waals surface area (Å²) < 4.78 is 25.4. The minimum Gasteiger partial charge on any atom is -0.454 e. The number of amides is 1. The molecule has 1 aromatic heterocycles. The van der Waals surface area contributed by atoms with Crippen molar-refractivity contribution in [3.05, 3.63) is 53.5 Å². The van der Waals surface area contributed by atoms with Crippen LogP contribution in [0.15, 0.2) is 36.4 Å². The third-order valence-corrected chi connectivity index (χ3v) is 6.10. The molecule has 2 fully saturated rings. The SMILES string of the molecule is O=C(Nc1cc2cc(C3CC3)[nH]c2cc1F)C1(c2ccc3c(c2)OCO3)CC1.[HH].[HH]. The molecule has 28 heavy (non-hydrogen) atoms. The molecule has 0 saturated heterocycles. The van der Waals surface area contributed by atoms with Crippen LogP contribution in [0.25, 0.3) is 10.9 Å². The second-order valence-corrected chi connectivity index (χ2v) is 8.02. The Balaban J connectivity index is 0.00000109. The first-order valence-corrected chi connectivity index (χ1v) is 9.66. The number of carbonyl (C=O) groups excluding carboxylic acids is 1. The molecule has 2 heterocycles. The van der Waals surface area contributed by atoms with E-state index in [-0.39, 0.29) is 21.2 Å². The molecule has 146 valence electrons. The van der Waals surface area contributed by atoms with Gasteiger partial charge in [0.05, 0.1) is 11.1 Å². The highest BCUT2D eigenvalue weighted by atomic mass is 19.1. The zero-order chi connectivity index (χ0) is 18.9. The van der Waals surface area contributed by atoms with Gasteiger partial charge in [-0.1, -0.05) is 6.07 Å². The van der Waals surface area contributed by atoms with Crippen molar-refractivity contribution in [3.8, 4) is 11.5 Å². The minimum atomic E-state index is -0.625. The van der Waals surface area contributed by atoms with E-state index < -0.39 is 11.2 Å². The van der Waals surface area contributed by atoms with Gasteiger partial charge in [0, 0.05) is 25.5 Å². The number of halogens is 1. The van der Waals surface area contributed by atoms with E-state index in [0.717, 1.165) is 35.0 Å². The number of ether oxygens (including phenoxy) is 2. The van der Waals surface area contributed by atoms with Gasteiger partial charge in [0.25, 0.3) is 0 Å². The Kier molecular flexibility index (Phi) is 3.14. The number of nitrogens with one attached hydrogen (secondary N) is 2. The molecule has 6 heteroatoms. The summed E-state index contributed by atoms with van der Waals surface area (Å²) in [5.41, 5.74) is 2.41. The van der Waals surface area contributed by atoms with Gasteiger partial charge >= 0.3 is 0 Å². The fraction of sp³-hybridized carbons (Fsp3) is 0.318. The van der Waals surface area contributed by atoms with Crippen molar-refractivity contribution in [1.29, 1.82) is 0 Å². The molecule has 2 aromatic carbocycles. The third kappa shape index (κ3) is 2.40. The van der Waals surface area contributed by atoms with Crippen molar-refractivity contribution < 1.29 is 21.5 Å². The van der Waals surface area contributed by atoms with Crippen LogP contribution in [0.1, 0.15) is 45.7 Å². The first-order chi connectivity index (χ1) is 13.6. The predicted octanol–water partition coefficient (Wildman–Crippen LogP) is 5.08. The summed E-state index contributed by atoms with van der Waals surface area (Å²) in [6, 6.07) is 10.8. The summed E-state index contributed by atoms with van der Waals surface area (Å²) in [4.78, 5) is 16.3. The molecule has 3 aromatic rings. The Hall–Kier alpha value is -3.02. The maximum Gasteiger partial charge on any atom is 0.235 e. The van der Waals surface area contributed by atoms with Crippen molar-refractivity contribution in [2.24, 2.45) is 0 Å². The van der Waals surface area contributed by atoms with Crippen LogP contribution in [0.3, 0.4) is 0 Å². The van der Waals surface area contributed by atoms with Crippen LogP contribution in [0.2, 0.25) is 0 Å². The molecule has 0 unspecified atom stereocenters. The summed E-state index contributed by atoms with van der Waals surface area (Å²) in [5.74, 6) is 1.31. The fourth-order valence-corrected chi connectivity index (χ4v) is 4.09. The molecule has 2 aliphatic carbocycles. The molecule has 0 bridgehead atoms. The van der Waals surface area contributed by atoms with Gasteiger partial charge in [0.1, 0.15) is 5.82 Å². The number of aromatic nitrogens is 1. The number of benzene rings is 2. The average molecular weight is 382 g/mol. The molecule has 5 nitrogen and oxygen atoms in total. The van der Waals surface area contributed by atoms with Gasteiger partial charge in [-0.3, -0.25) is 4.79 Å². The molecule has 1 amide bonds. The quantitative estimate of drug-likeness (QED) is 0.662. The Morgan fingerprint density at radius 3 is 2.75 bits per heavy atom. The Bertz CT molecular complexity index is 1140. The number of fused-ring (bicyclic) bond motifs is 2. The smallest absolute Gasteiger partial charge is 0.235 e. The number of H-pyrrole nitrogens is 1. The summed E-state index contributed by atoms with van der Waals surface area (Å²) in [6.07, 6.45) is 3.82. The topological polar surface area (TPSA) is 63.4 Å². The standard InChI is InChI=1S/C22H19FN2O3.2H2/c23-15-10-17-13(7-16(24-17)12-1-2-12)8-18(15)25-21(26)22(5-6-22)14-3-4-19-20(9-14)28-11-27-19;;/h3-4,7-10,12,24H,1-2,5-6,11H2,(H,25,26);2*1H. The fourth-order valence-electron chi connectivity index (χ4n) is 4.09. The van der Waals surface area contributed by atoms with Crippen molar-refractivity contribution in [3.63, 3.8) is 0 Å². The van der Waals surface area contributed by atoms with E-state index in [0.29, 0.717) is 17.4 Å². The number of rotatable bonds is 4. The Morgan fingerprint density at radius 2 is 1.96 bits per heavy atom. The lowest BCUT2D eigenvalue weighted by molar-refractivity contribution is -0.118. The average Bonchev–Trinajstić information content (AvgIpc) is 3.61. The zero-order valence-electron chi connectivity index (χ0n) is 15.2. The molecule has 6 rings (SSSR count). The van der Waals surface area contributed by atoms with Crippen LogP contribution < -0.4 is 14.8 Å². The summed E-state index contributed by atoms with van der Waals surface area (Å²) in [7, 11) is 0. The highest BCUT2D eigenvalue weighted by Gasteiger charge is 2.51. The van der Waals surface area contributed by atoms with Crippen molar-refractivity contribution in [1.82, 2.24) is 4.98 Å². The minimum absolute atomic E-state index is 0. The van der Waals surface area contributed by atoms with Gasteiger partial charge in [-0.05, 0) is 61.4 Å². The molecular weight excluding hydrogens is 359 g/mol. The van der Waals surface area contributed by atoms with E-state index in [9.17, 15) is 9.18 Å². The number of hydrogen-bond acceptors (Lipinski definition) is 3. The van der Waals surface area contributed by atoms with Gasteiger partial charge < -0.3 is 19.8 Å². The lowest BCUT2D eigenvalue weighted by Crippen LogP contribution is -2.28. The molecule has 0 spiro atoms. The normalized spacial score (nSPS) is 19.0. The van der Waals surface area contributed by atoms with E-state index in [2.05, 4.69) is 16.4 Å². The monoisotopic (exact) mass is 382 g/mol. The second kappa shape index (κ2) is 5.50. The first kappa shape index (κ1) is 16.0. The maximum atomic E-state index is 14.6. The van der Waals surface area contributed by atoms with Gasteiger partial charge in [-0.2, -0.15) is 0 Å². The van der Waals surface area contributed by atoms with Crippen LogP contribution in [0, 0.1) is 5.82 Å². The van der Waals surface area contributed by atoms with Crippen molar-refractivity contribution in [2.75, 3.05) is 12.1 Å².